The molecule has 0 saturated heterocycles. The number of anilines is 1. The van der Waals surface area contributed by atoms with Crippen molar-refractivity contribution in [2.75, 3.05) is 32.6 Å². The number of rotatable bonds is 8. The molecule has 0 radical (unpaired) electrons. The van der Waals surface area contributed by atoms with Crippen LogP contribution in [0.5, 0.6) is 5.75 Å². The molecule has 0 heterocycles. The number of hydrogen-bond donors (Lipinski definition) is 2. The molecule has 2 aromatic carbocycles. The van der Waals surface area contributed by atoms with E-state index in [0.29, 0.717) is 12.2 Å². The molecule has 0 unspecified atom stereocenters. The van der Waals surface area contributed by atoms with E-state index in [1.54, 1.807) is 19.1 Å². The van der Waals surface area contributed by atoms with Crippen molar-refractivity contribution in [2.45, 2.75) is 6.54 Å². The number of hydrogen-bond acceptors (Lipinski definition) is 4. The fourth-order valence-corrected chi connectivity index (χ4v) is 2.68. The van der Waals surface area contributed by atoms with Gasteiger partial charge in [-0.15, -0.1) is 0 Å². The predicted octanol–water partition coefficient (Wildman–Crippen LogP) is 2.64. The van der Waals surface area contributed by atoms with Gasteiger partial charge in [0.2, 0.25) is 11.8 Å². The molecule has 2 aromatic rings. The first-order valence-corrected chi connectivity index (χ1v) is 8.90. The van der Waals surface area contributed by atoms with E-state index in [1.165, 1.54) is 0 Å². The molecule has 2 amide bonds. The van der Waals surface area contributed by atoms with Crippen LogP contribution < -0.4 is 15.4 Å². The van der Waals surface area contributed by atoms with Crippen molar-refractivity contribution >= 4 is 33.4 Å². The summed E-state index contributed by atoms with van der Waals surface area (Å²) in [4.78, 5) is 25.8. The lowest BCUT2D eigenvalue weighted by atomic mass is 10.2. The second-order valence-electron chi connectivity index (χ2n) is 5.83. The van der Waals surface area contributed by atoms with Gasteiger partial charge < -0.3 is 15.4 Å². The summed E-state index contributed by atoms with van der Waals surface area (Å²) in [5.41, 5.74) is 1.68. The Labute approximate surface area is 161 Å². The lowest BCUT2D eigenvalue weighted by Gasteiger charge is -2.16. The number of likely N-dealkylation sites (N-methyl/N-ethyl adjacent to an activating group) is 1. The zero-order valence-electron chi connectivity index (χ0n) is 14.8. The molecular formula is C19H22BrN3O3. The summed E-state index contributed by atoms with van der Waals surface area (Å²) in [5, 5.41) is 5.65. The Bertz CT molecular complexity index is 750. The van der Waals surface area contributed by atoms with Crippen LogP contribution in [0, 0.1) is 0 Å². The fraction of sp³-hybridized carbons (Fsp3) is 0.263. The fourth-order valence-electron chi connectivity index (χ4n) is 2.30. The number of para-hydroxylation sites is 1. The average molecular weight is 420 g/mol. The summed E-state index contributed by atoms with van der Waals surface area (Å²) in [6.07, 6.45) is 0. The van der Waals surface area contributed by atoms with Gasteiger partial charge in [-0.1, -0.05) is 24.3 Å². The van der Waals surface area contributed by atoms with Crippen molar-refractivity contribution in [3.05, 3.63) is 58.6 Å². The Hall–Kier alpha value is -2.38. The first kappa shape index (κ1) is 19.9. The van der Waals surface area contributed by atoms with E-state index in [2.05, 4.69) is 26.6 Å². The molecule has 0 aliphatic carbocycles. The third-order valence-corrected chi connectivity index (χ3v) is 4.32. The van der Waals surface area contributed by atoms with Gasteiger partial charge in [0.1, 0.15) is 5.75 Å². The third-order valence-electron chi connectivity index (χ3n) is 3.62. The van der Waals surface area contributed by atoms with Crippen LogP contribution in [-0.4, -0.2) is 44.0 Å². The van der Waals surface area contributed by atoms with Crippen molar-refractivity contribution in [2.24, 2.45) is 0 Å². The van der Waals surface area contributed by atoms with Crippen LogP contribution in [0.3, 0.4) is 0 Å². The molecule has 0 aromatic heterocycles. The number of amides is 2. The van der Waals surface area contributed by atoms with E-state index in [9.17, 15) is 9.59 Å². The summed E-state index contributed by atoms with van der Waals surface area (Å²) in [5.74, 6) is 0.454. The first-order chi connectivity index (χ1) is 12.5. The summed E-state index contributed by atoms with van der Waals surface area (Å²) in [6.45, 7) is 0.691. The molecule has 0 atom stereocenters. The van der Waals surface area contributed by atoms with E-state index in [4.69, 9.17) is 4.74 Å². The number of methoxy groups -OCH3 is 1. The number of halogens is 1. The highest BCUT2D eigenvalue weighted by Gasteiger charge is 2.11. The molecule has 138 valence electrons. The number of carbonyl (C=O) groups is 2. The van der Waals surface area contributed by atoms with Crippen molar-refractivity contribution in [1.29, 1.82) is 0 Å². The molecule has 6 nitrogen and oxygen atoms in total. The number of nitrogens with zero attached hydrogens (tertiary/aromatic N) is 1. The molecule has 0 saturated carbocycles. The maximum atomic E-state index is 12.1. The largest absolute Gasteiger partial charge is 0.497 e. The molecule has 7 heteroatoms. The van der Waals surface area contributed by atoms with E-state index in [0.717, 1.165) is 15.8 Å². The number of ether oxygens (including phenoxy) is 1. The molecule has 26 heavy (non-hydrogen) atoms. The van der Waals surface area contributed by atoms with Crippen molar-refractivity contribution in [1.82, 2.24) is 10.2 Å². The van der Waals surface area contributed by atoms with Gasteiger partial charge in [0.05, 0.1) is 25.9 Å². The predicted molar refractivity (Wildman–Crippen MR) is 105 cm³/mol. The van der Waals surface area contributed by atoms with E-state index in [-0.39, 0.29) is 24.9 Å². The monoisotopic (exact) mass is 419 g/mol. The molecule has 0 spiro atoms. The lowest BCUT2D eigenvalue weighted by Crippen LogP contribution is -2.38. The summed E-state index contributed by atoms with van der Waals surface area (Å²) < 4.78 is 5.91. The highest BCUT2D eigenvalue weighted by atomic mass is 79.9. The van der Waals surface area contributed by atoms with Crippen LogP contribution in [0.4, 0.5) is 5.69 Å². The Morgan fingerprint density at radius 3 is 2.35 bits per heavy atom. The molecule has 2 N–H and O–H groups in total. The third kappa shape index (κ3) is 6.50. The molecular weight excluding hydrogens is 398 g/mol. The minimum atomic E-state index is -0.178. The van der Waals surface area contributed by atoms with Gasteiger partial charge in [0.15, 0.2) is 0 Å². The molecule has 0 aliphatic rings. The number of nitrogens with one attached hydrogen (secondary N) is 2. The maximum Gasteiger partial charge on any atom is 0.238 e. The molecule has 0 bridgehead atoms. The maximum absolute atomic E-state index is 12.1. The number of benzene rings is 2. The van der Waals surface area contributed by atoms with Gasteiger partial charge in [-0.2, -0.15) is 0 Å². The van der Waals surface area contributed by atoms with Crippen molar-refractivity contribution in [3.63, 3.8) is 0 Å². The average Bonchev–Trinajstić information content (AvgIpc) is 2.62. The van der Waals surface area contributed by atoms with Gasteiger partial charge in [-0.25, -0.2) is 0 Å². The summed E-state index contributed by atoms with van der Waals surface area (Å²) >= 11 is 3.38. The second kappa shape index (κ2) is 9.94. The summed E-state index contributed by atoms with van der Waals surface area (Å²) in [6, 6.07) is 14.9. The Morgan fingerprint density at radius 1 is 1.04 bits per heavy atom. The van der Waals surface area contributed by atoms with Gasteiger partial charge in [-0.3, -0.25) is 14.5 Å². The van der Waals surface area contributed by atoms with Crippen LogP contribution in [0.25, 0.3) is 0 Å². The molecule has 0 aliphatic heterocycles. The normalized spacial score (nSPS) is 10.5. The first-order valence-electron chi connectivity index (χ1n) is 8.10. The van der Waals surface area contributed by atoms with Crippen LogP contribution in [0.2, 0.25) is 0 Å². The van der Waals surface area contributed by atoms with Gasteiger partial charge in [0.25, 0.3) is 0 Å². The van der Waals surface area contributed by atoms with E-state index >= 15 is 0 Å². The Balaban J connectivity index is 1.74. The molecule has 0 fully saturated rings. The van der Waals surface area contributed by atoms with E-state index < -0.39 is 0 Å². The highest BCUT2D eigenvalue weighted by Crippen LogP contribution is 2.20. The molecule has 2 rings (SSSR count). The number of carbonyl (C=O) groups excluding carboxylic acids is 2. The minimum Gasteiger partial charge on any atom is -0.497 e. The van der Waals surface area contributed by atoms with E-state index in [1.807, 2.05) is 48.5 Å². The smallest absolute Gasteiger partial charge is 0.238 e. The van der Waals surface area contributed by atoms with Crippen molar-refractivity contribution in [3.8, 4) is 5.75 Å². The quantitative estimate of drug-likeness (QED) is 0.689. The SMILES string of the molecule is COc1ccc(CNC(=O)CN(C)CC(=O)Nc2ccccc2Br)cc1. The zero-order chi connectivity index (χ0) is 18.9. The lowest BCUT2D eigenvalue weighted by molar-refractivity contribution is -0.123. The minimum absolute atomic E-state index is 0.122. The van der Waals surface area contributed by atoms with Crippen molar-refractivity contribution < 1.29 is 14.3 Å². The van der Waals surface area contributed by atoms with Crippen LogP contribution in [0.15, 0.2) is 53.0 Å². The summed E-state index contributed by atoms with van der Waals surface area (Å²) in [7, 11) is 3.34. The zero-order valence-corrected chi connectivity index (χ0v) is 16.4. The highest BCUT2D eigenvalue weighted by molar-refractivity contribution is 9.10. The van der Waals surface area contributed by atoms with Crippen LogP contribution >= 0.6 is 15.9 Å². The Kier molecular flexibility index (Phi) is 7.62. The van der Waals surface area contributed by atoms with Gasteiger partial charge in [-0.05, 0) is 52.8 Å². The van der Waals surface area contributed by atoms with Gasteiger partial charge >= 0.3 is 0 Å². The topological polar surface area (TPSA) is 70.7 Å². The standard InChI is InChI=1S/C19H22BrN3O3/c1-23(13-19(25)22-17-6-4-3-5-16(17)20)12-18(24)21-11-14-7-9-15(26-2)10-8-14/h3-10H,11-13H2,1-2H3,(H,21,24)(H,22,25). The van der Waals surface area contributed by atoms with Gasteiger partial charge in [0, 0.05) is 11.0 Å². The Morgan fingerprint density at radius 2 is 1.69 bits per heavy atom. The second-order valence-corrected chi connectivity index (χ2v) is 6.68. The van der Waals surface area contributed by atoms with Crippen LogP contribution in [-0.2, 0) is 16.1 Å². The van der Waals surface area contributed by atoms with Crippen LogP contribution in [0.1, 0.15) is 5.56 Å².